The fourth-order valence-electron chi connectivity index (χ4n) is 1.80. The Hall–Kier alpha value is -3.42. The van der Waals surface area contributed by atoms with Crippen molar-refractivity contribution in [1.29, 1.82) is 0 Å². The third kappa shape index (κ3) is 4.81. The molecule has 0 saturated carbocycles. The number of carbonyl (C=O) groups excluding carboxylic acids is 2. The highest BCUT2D eigenvalue weighted by Gasteiger charge is 2.06. The monoisotopic (exact) mass is 314 g/mol. The molecule has 0 aliphatic carbocycles. The number of benzene rings is 2. The zero-order valence-corrected chi connectivity index (χ0v) is 12.2. The second kappa shape index (κ2) is 7.03. The smallest absolute Gasteiger partial charge is 0.323 e. The second-order valence-electron chi connectivity index (χ2n) is 4.64. The summed E-state index contributed by atoms with van der Waals surface area (Å²) in [5.74, 6) is -0.179. The van der Waals surface area contributed by atoms with E-state index in [1.165, 1.54) is 31.2 Å². The molecule has 0 aromatic heterocycles. The van der Waals surface area contributed by atoms with Crippen molar-refractivity contribution in [1.82, 2.24) is 0 Å². The molecular weight excluding hydrogens is 300 g/mol. The van der Waals surface area contributed by atoms with Crippen LogP contribution in [0.25, 0.3) is 0 Å². The lowest BCUT2D eigenvalue weighted by atomic mass is 10.2. The van der Waals surface area contributed by atoms with E-state index in [0.29, 0.717) is 17.1 Å². The maximum atomic E-state index is 11.8. The van der Waals surface area contributed by atoms with Crippen molar-refractivity contribution in [2.24, 2.45) is 0 Å². The summed E-state index contributed by atoms with van der Waals surface area (Å²) in [5.41, 5.74) is 1.55. The Bertz CT molecular complexity index is 726. The molecule has 8 heteroatoms. The summed E-state index contributed by atoms with van der Waals surface area (Å²) in [6, 6.07) is 11.6. The summed E-state index contributed by atoms with van der Waals surface area (Å²) < 4.78 is 0. The Labute approximate surface area is 131 Å². The molecule has 8 nitrogen and oxygen atoms in total. The number of anilines is 3. The quantitative estimate of drug-likeness (QED) is 0.594. The molecule has 2 rings (SSSR count). The number of non-ortho nitro benzene ring substituents is 1. The van der Waals surface area contributed by atoms with Crippen LogP contribution in [0.2, 0.25) is 0 Å². The van der Waals surface area contributed by atoms with E-state index in [1.54, 1.807) is 24.3 Å². The molecule has 0 spiro atoms. The molecule has 0 aliphatic heterocycles. The summed E-state index contributed by atoms with van der Waals surface area (Å²) in [4.78, 5) is 32.8. The van der Waals surface area contributed by atoms with E-state index in [4.69, 9.17) is 0 Å². The van der Waals surface area contributed by atoms with Crippen molar-refractivity contribution >= 4 is 34.7 Å². The van der Waals surface area contributed by atoms with Gasteiger partial charge in [-0.3, -0.25) is 14.9 Å². The normalized spacial score (nSPS) is 9.78. The minimum atomic E-state index is -0.513. The van der Waals surface area contributed by atoms with Crippen molar-refractivity contribution in [3.63, 3.8) is 0 Å². The van der Waals surface area contributed by atoms with E-state index in [0.717, 1.165) is 0 Å². The van der Waals surface area contributed by atoms with Crippen molar-refractivity contribution in [2.75, 3.05) is 16.0 Å². The second-order valence-corrected chi connectivity index (χ2v) is 4.64. The number of amides is 3. The number of nitrogens with zero attached hydrogens (tertiary/aromatic N) is 1. The first-order chi connectivity index (χ1) is 10.9. The number of nitrogens with one attached hydrogen (secondary N) is 3. The zero-order valence-electron chi connectivity index (χ0n) is 12.2. The first-order valence-electron chi connectivity index (χ1n) is 6.64. The molecule has 0 radical (unpaired) electrons. The average Bonchev–Trinajstić information content (AvgIpc) is 2.49. The van der Waals surface area contributed by atoms with E-state index in [9.17, 15) is 19.7 Å². The molecule has 0 unspecified atom stereocenters. The molecular formula is C15H14N4O4. The van der Waals surface area contributed by atoms with Crippen LogP contribution in [-0.4, -0.2) is 16.9 Å². The van der Waals surface area contributed by atoms with Crippen LogP contribution < -0.4 is 16.0 Å². The maximum absolute atomic E-state index is 11.8. The number of nitro benzene ring substituents is 1. The van der Waals surface area contributed by atoms with Crippen molar-refractivity contribution in [2.45, 2.75) is 6.92 Å². The topological polar surface area (TPSA) is 113 Å². The third-order valence-electron chi connectivity index (χ3n) is 2.80. The molecule has 0 saturated heterocycles. The predicted octanol–water partition coefficient (Wildman–Crippen LogP) is 3.20. The molecule has 3 N–H and O–H groups in total. The van der Waals surface area contributed by atoms with E-state index in [-0.39, 0.29) is 11.6 Å². The summed E-state index contributed by atoms with van der Waals surface area (Å²) >= 11 is 0. The molecule has 0 aliphatic rings. The number of rotatable bonds is 4. The van der Waals surface area contributed by atoms with Gasteiger partial charge in [-0.2, -0.15) is 0 Å². The third-order valence-corrected chi connectivity index (χ3v) is 2.80. The predicted molar refractivity (Wildman–Crippen MR) is 86.5 cm³/mol. The van der Waals surface area contributed by atoms with Crippen molar-refractivity contribution in [3.05, 3.63) is 58.6 Å². The molecule has 118 valence electrons. The minimum absolute atomic E-state index is 0.0514. The van der Waals surface area contributed by atoms with Crippen LogP contribution in [0.4, 0.5) is 27.5 Å². The van der Waals surface area contributed by atoms with Gasteiger partial charge in [-0.15, -0.1) is 0 Å². The zero-order chi connectivity index (χ0) is 16.8. The minimum Gasteiger partial charge on any atom is -0.326 e. The molecule has 0 atom stereocenters. The van der Waals surface area contributed by atoms with Gasteiger partial charge >= 0.3 is 6.03 Å². The highest BCUT2D eigenvalue weighted by atomic mass is 16.6. The summed E-state index contributed by atoms with van der Waals surface area (Å²) in [6.45, 7) is 1.41. The van der Waals surface area contributed by atoms with Crippen LogP contribution in [0.5, 0.6) is 0 Å². The molecule has 2 aromatic carbocycles. The van der Waals surface area contributed by atoms with Crippen LogP contribution >= 0.6 is 0 Å². The fourth-order valence-corrected chi connectivity index (χ4v) is 1.80. The summed E-state index contributed by atoms with van der Waals surface area (Å²) in [5, 5.41) is 18.3. The van der Waals surface area contributed by atoms with Gasteiger partial charge in [0.25, 0.3) is 5.69 Å². The van der Waals surface area contributed by atoms with Crippen LogP contribution in [0.1, 0.15) is 6.92 Å². The number of nitro groups is 1. The van der Waals surface area contributed by atoms with Gasteiger partial charge < -0.3 is 16.0 Å². The van der Waals surface area contributed by atoms with E-state index in [1.807, 2.05) is 0 Å². The van der Waals surface area contributed by atoms with Gasteiger partial charge in [-0.25, -0.2) is 4.79 Å². The van der Waals surface area contributed by atoms with Gasteiger partial charge in [-0.1, -0.05) is 0 Å². The highest BCUT2D eigenvalue weighted by molar-refractivity contribution is 6.00. The van der Waals surface area contributed by atoms with Gasteiger partial charge in [0.2, 0.25) is 5.91 Å². The van der Waals surface area contributed by atoms with E-state index >= 15 is 0 Å². The van der Waals surface area contributed by atoms with Gasteiger partial charge in [0.15, 0.2) is 0 Å². The first-order valence-corrected chi connectivity index (χ1v) is 6.64. The standard InChI is InChI=1S/C15H14N4O4/c1-10(20)16-11-2-4-12(5-3-11)17-15(21)18-13-6-8-14(9-7-13)19(22)23/h2-9H,1H3,(H,16,20)(H2,17,18,21). The van der Waals surface area contributed by atoms with Gasteiger partial charge in [0, 0.05) is 36.1 Å². The number of hydrogen-bond donors (Lipinski definition) is 3. The molecule has 0 fully saturated rings. The number of carbonyl (C=O) groups is 2. The molecule has 3 amide bonds. The van der Waals surface area contributed by atoms with Gasteiger partial charge in [0.05, 0.1) is 4.92 Å². The Morgan fingerprint density at radius 1 is 0.826 bits per heavy atom. The highest BCUT2D eigenvalue weighted by Crippen LogP contribution is 2.17. The number of hydrogen-bond acceptors (Lipinski definition) is 4. The largest absolute Gasteiger partial charge is 0.326 e. The SMILES string of the molecule is CC(=O)Nc1ccc(NC(=O)Nc2ccc([N+](=O)[O-])cc2)cc1. The van der Waals surface area contributed by atoms with Gasteiger partial charge in [-0.05, 0) is 36.4 Å². The Kier molecular flexibility index (Phi) is 4.88. The molecule has 23 heavy (non-hydrogen) atoms. The van der Waals surface area contributed by atoms with Crippen LogP contribution in [-0.2, 0) is 4.79 Å². The molecule has 2 aromatic rings. The summed E-state index contributed by atoms with van der Waals surface area (Å²) in [6.07, 6.45) is 0. The molecule has 0 heterocycles. The Morgan fingerprint density at radius 3 is 1.61 bits per heavy atom. The molecule has 0 bridgehead atoms. The fraction of sp³-hybridized carbons (Fsp3) is 0.0667. The van der Waals surface area contributed by atoms with Crippen LogP contribution in [0.3, 0.4) is 0 Å². The average molecular weight is 314 g/mol. The lowest BCUT2D eigenvalue weighted by Crippen LogP contribution is -2.19. The van der Waals surface area contributed by atoms with Crippen molar-refractivity contribution < 1.29 is 14.5 Å². The van der Waals surface area contributed by atoms with E-state index in [2.05, 4.69) is 16.0 Å². The Balaban J connectivity index is 1.93. The number of urea groups is 1. The lowest BCUT2D eigenvalue weighted by Gasteiger charge is -2.08. The van der Waals surface area contributed by atoms with Crippen LogP contribution in [0, 0.1) is 10.1 Å². The summed E-state index contributed by atoms with van der Waals surface area (Å²) in [7, 11) is 0. The maximum Gasteiger partial charge on any atom is 0.323 e. The first kappa shape index (κ1) is 16.0. The van der Waals surface area contributed by atoms with Crippen LogP contribution in [0.15, 0.2) is 48.5 Å². The lowest BCUT2D eigenvalue weighted by molar-refractivity contribution is -0.384. The van der Waals surface area contributed by atoms with Crippen molar-refractivity contribution in [3.8, 4) is 0 Å². The van der Waals surface area contributed by atoms with Gasteiger partial charge in [0.1, 0.15) is 0 Å². The van der Waals surface area contributed by atoms with E-state index < -0.39 is 11.0 Å². The Morgan fingerprint density at radius 2 is 1.22 bits per heavy atom.